The number of aryl methyl sites for hydroxylation is 1. The summed E-state index contributed by atoms with van der Waals surface area (Å²) in [7, 11) is 2.11. The van der Waals surface area contributed by atoms with Gasteiger partial charge in [-0.1, -0.05) is 42.3 Å². The van der Waals surface area contributed by atoms with Crippen LogP contribution in [0.25, 0.3) is 11.1 Å². The molecule has 138 valence electrons. The first kappa shape index (κ1) is 18.9. The zero-order valence-electron chi connectivity index (χ0n) is 15.1. The lowest BCUT2D eigenvalue weighted by atomic mass is 9.99. The van der Waals surface area contributed by atoms with Gasteiger partial charge in [0.1, 0.15) is 5.82 Å². The van der Waals surface area contributed by atoms with E-state index in [0.717, 1.165) is 37.1 Å². The number of likely N-dealkylation sites (tertiary alicyclic amines) is 1. The number of nitrogens with one attached hydrogen (secondary N) is 2. The molecule has 0 unspecified atom stereocenters. The molecule has 1 aliphatic rings. The number of piperidine rings is 1. The van der Waals surface area contributed by atoms with E-state index in [1.165, 1.54) is 11.9 Å². The molecule has 26 heavy (non-hydrogen) atoms. The Balaban J connectivity index is 1.66. The third-order valence-corrected chi connectivity index (χ3v) is 5.69. The maximum absolute atomic E-state index is 14.5. The summed E-state index contributed by atoms with van der Waals surface area (Å²) in [6, 6.07) is 13.0. The summed E-state index contributed by atoms with van der Waals surface area (Å²) in [5.74, 6) is -0.933. The summed E-state index contributed by atoms with van der Waals surface area (Å²) in [5.41, 5.74) is 4.93. The molecular formula is C20H24FN3OS. The second kappa shape index (κ2) is 8.66. The summed E-state index contributed by atoms with van der Waals surface area (Å²) >= 11 is 1.50. The third-order valence-electron chi connectivity index (χ3n) is 4.66. The van der Waals surface area contributed by atoms with E-state index < -0.39 is 11.7 Å². The molecule has 1 amide bonds. The fourth-order valence-corrected chi connectivity index (χ4v) is 3.83. The molecule has 1 fully saturated rings. The molecule has 0 aromatic heterocycles. The number of amides is 1. The van der Waals surface area contributed by atoms with Gasteiger partial charge in [-0.25, -0.2) is 4.39 Å². The SMILES string of the molecule is Cc1cc(-c2ccccc2)cc(C(=O)NNSC2CCN(C)CC2)c1F. The molecule has 0 aliphatic carbocycles. The van der Waals surface area contributed by atoms with Gasteiger partial charge in [0.25, 0.3) is 5.91 Å². The van der Waals surface area contributed by atoms with Gasteiger partial charge in [-0.3, -0.25) is 10.2 Å². The van der Waals surface area contributed by atoms with Gasteiger partial charge in [-0.15, -0.1) is 0 Å². The standard InChI is InChI=1S/C20H24FN3OS/c1-14-12-16(15-6-4-3-5-7-15)13-18(19(14)21)20(25)22-23-26-17-8-10-24(2)11-9-17/h3-7,12-13,17,23H,8-11H2,1-2H3,(H,22,25). The van der Waals surface area contributed by atoms with Gasteiger partial charge in [-0.2, -0.15) is 4.83 Å². The molecule has 1 saturated heterocycles. The number of rotatable bonds is 5. The Labute approximate surface area is 158 Å². The van der Waals surface area contributed by atoms with Crippen molar-refractivity contribution >= 4 is 17.9 Å². The van der Waals surface area contributed by atoms with Crippen molar-refractivity contribution in [1.82, 2.24) is 15.2 Å². The largest absolute Gasteiger partial charge is 0.306 e. The van der Waals surface area contributed by atoms with Gasteiger partial charge >= 0.3 is 0 Å². The average Bonchev–Trinajstić information content (AvgIpc) is 2.66. The topological polar surface area (TPSA) is 44.4 Å². The molecule has 0 radical (unpaired) electrons. The molecule has 2 aromatic carbocycles. The predicted octanol–water partition coefficient (Wildman–Crippen LogP) is 3.78. The Morgan fingerprint density at radius 1 is 1.15 bits per heavy atom. The van der Waals surface area contributed by atoms with Crippen LogP contribution in [0.1, 0.15) is 28.8 Å². The van der Waals surface area contributed by atoms with Crippen LogP contribution >= 0.6 is 11.9 Å². The lowest BCUT2D eigenvalue weighted by Gasteiger charge is -2.28. The van der Waals surface area contributed by atoms with E-state index in [0.29, 0.717) is 10.8 Å². The smallest absolute Gasteiger partial charge is 0.269 e. The summed E-state index contributed by atoms with van der Waals surface area (Å²) in [5, 5.41) is 0.453. The van der Waals surface area contributed by atoms with E-state index in [1.807, 2.05) is 30.3 Å². The number of hydrogen-bond donors (Lipinski definition) is 2. The van der Waals surface area contributed by atoms with Crippen LogP contribution in [0.15, 0.2) is 42.5 Å². The highest BCUT2D eigenvalue weighted by Crippen LogP contribution is 2.25. The number of halogens is 1. The van der Waals surface area contributed by atoms with Crippen molar-refractivity contribution in [2.24, 2.45) is 0 Å². The molecule has 4 nitrogen and oxygen atoms in total. The van der Waals surface area contributed by atoms with Crippen LogP contribution in [-0.4, -0.2) is 36.2 Å². The second-order valence-electron chi connectivity index (χ2n) is 6.70. The Hall–Kier alpha value is -1.89. The van der Waals surface area contributed by atoms with Crippen LogP contribution in [0.4, 0.5) is 4.39 Å². The van der Waals surface area contributed by atoms with Crippen molar-refractivity contribution in [3.05, 3.63) is 59.4 Å². The molecule has 2 aromatic rings. The maximum Gasteiger partial charge on any atom is 0.269 e. The molecule has 0 bridgehead atoms. The number of carbonyl (C=O) groups is 1. The van der Waals surface area contributed by atoms with Crippen LogP contribution in [0.5, 0.6) is 0 Å². The Morgan fingerprint density at radius 3 is 2.54 bits per heavy atom. The first-order valence-corrected chi connectivity index (χ1v) is 9.67. The molecule has 0 saturated carbocycles. The van der Waals surface area contributed by atoms with Gasteiger partial charge < -0.3 is 4.90 Å². The maximum atomic E-state index is 14.5. The van der Waals surface area contributed by atoms with Crippen LogP contribution in [0.2, 0.25) is 0 Å². The van der Waals surface area contributed by atoms with Crippen molar-refractivity contribution in [3.8, 4) is 11.1 Å². The fourth-order valence-electron chi connectivity index (χ4n) is 3.06. The van der Waals surface area contributed by atoms with Crippen molar-refractivity contribution < 1.29 is 9.18 Å². The normalized spacial score (nSPS) is 15.8. The second-order valence-corrected chi connectivity index (χ2v) is 7.80. The number of carbonyl (C=O) groups excluding carboxylic acids is 1. The summed E-state index contributed by atoms with van der Waals surface area (Å²) in [6.45, 7) is 3.79. The van der Waals surface area contributed by atoms with Crippen LogP contribution in [0, 0.1) is 12.7 Å². The zero-order valence-corrected chi connectivity index (χ0v) is 15.9. The monoisotopic (exact) mass is 373 g/mol. The minimum atomic E-state index is -0.478. The summed E-state index contributed by atoms with van der Waals surface area (Å²) < 4.78 is 14.5. The molecule has 1 aliphatic heterocycles. The zero-order chi connectivity index (χ0) is 18.5. The molecule has 6 heteroatoms. The lowest BCUT2D eigenvalue weighted by Crippen LogP contribution is -2.37. The average molecular weight is 373 g/mol. The summed E-state index contributed by atoms with van der Waals surface area (Å²) in [6.07, 6.45) is 2.14. The highest BCUT2D eigenvalue weighted by atomic mass is 32.2. The van der Waals surface area contributed by atoms with Crippen LogP contribution < -0.4 is 10.3 Å². The number of nitrogens with zero attached hydrogens (tertiary/aromatic N) is 1. The first-order valence-electron chi connectivity index (χ1n) is 8.79. The molecule has 1 heterocycles. The van der Waals surface area contributed by atoms with Gasteiger partial charge in [0.2, 0.25) is 0 Å². The van der Waals surface area contributed by atoms with Gasteiger partial charge in [0, 0.05) is 5.25 Å². The van der Waals surface area contributed by atoms with E-state index in [4.69, 9.17) is 0 Å². The quantitative estimate of drug-likeness (QED) is 0.618. The molecule has 0 spiro atoms. The molecule has 2 N–H and O–H groups in total. The lowest BCUT2D eigenvalue weighted by molar-refractivity contribution is 0.0942. The van der Waals surface area contributed by atoms with Crippen LogP contribution in [0.3, 0.4) is 0 Å². The van der Waals surface area contributed by atoms with Gasteiger partial charge in [-0.05, 0) is 68.7 Å². The number of hydrogen-bond acceptors (Lipinski definition) is 4. The van der Waals surface area contributed by atoms with Crippen molar-refractivity contribution in [2.75, 3.05) is 20.1 Å². The predicted molar refractivity (Wildman–Crippen MR) is 105 cm³/mol. The third kappa shape index (κ3) is 4.63. The van der Waals surface area contributed by atoms with Gasteiger partial charge in [0.15, 0.2) is 0 Å². The Bertz CT molecular complexity index is 761. The highest BCUT2D eigenvalue weighted by molar-refractivity contribution is 7.98. The minimum absolute atomic E-state index is 0.0559. The molecular weight excluding hydrogens is 349 g/mol. The van der Waals surface area contributed by atoms with E-state index in [-0.39, 0.29) is 5.56 Å². The van der Waals surface area contributed by atoms with E-state index in [1.54, 1.807) is 19.1 Å². The Morgan fingerprint density at radius 2 is 1.85 bits per heavy atom. The van der Waals surface area contributed by atoms with Crippen molar-refractivity contribution in [2.45, 2.75) is 25.0 Å². The minimum Gasteiger partial charge on any atom is -0.306 e. The Kier molecular flexibility index (Phi) is 6.29. The van der Waals surface area contributed by atoms with Crippen molar-refractivity contribution in [1.29, 1.82) is 0 Å². The number of benzene rings is 2. The van der Waals surface area contributed by atoms with Crippen LogP contribution in [-0.2, 0) is 0 Å². The highest BCUT2D eigenvalue weighted by Gasteiger charge is 2.19. The fraction of sp³-hybridized carbons (Fsp3) is 0.350. The van der Waals surface area contributed by atoms with E-state index in [9.17, 15) is 9.18 Å². The number of hydrazine groups is 1. The summed E-state index contributed by atoms with van der Waals surface area (Å²) in [4.78, 5) is 17.7. The van der Waals surface area contributed by atoms with E-state index >= 15 is 0 Å². The van der Waals surface area contributed by atoms with Gasteiger partial charge in [0.05, 0.1) is 5.56 Å². The molecule has 3 rings (SSSR count). The molecule has 0 atom stereocenters. The van der Waals surface area contributed by atoms with Crippen molar-refractivity contribution in [3.63, 3.8) is 0 Å². The first-order chi connectivity index (χ1) is 12.5. The van der Waals surface area contributed by atoms with E-state index in [2.05, 4.69) is 22.2 Å².